The van der Waals surface area contributed by atoms with E-state index in [1.807, 2.05) is 12.2 Å². The van der Waals surface area contributed by atoms with Crippen LogP contribution >= 0.6 is 0 Å². The van der Waals surface area contributed by atoms with Gasteiger partial charge in [0.25, 0.3) is 17.7 Å². The molecule has 0 spiro atoms. The van der Waals surface area contributed by atoms with Crippen LogP contribution in [0.4, 0.5) is 0 Å². The minimum absolute atomic E-state index is 0.0349. The van der Waals surface area contributed by atoms with Crippen LogP contribution in [0, 0.1) is 5.41 Å². The second-order valence-corrected chi connectivity index (χ2v) is 7.74. The van der Waals surface area contributed by atoms with Crippen molar-refractivity contribution in [3.8, 4) is 0 Å². The summed E-state index contributed by atoms with van der Waals surface area (Å²) in [4.78, 5) is 68.7. The minimum Gasteiger partial charge on any atom is -0.457 e. The van der Waals surface area contributed by atoms with Crippen molar-refractivity contribution < 1.29 is 38.4 Å². The zero-order chi connectivity index (χ0) is 23.0. The minimum atomic E-state index is -0.866. The highest BCUT2D eigenvalue weighted by Gasteiger charge is 2.38. The summed E-state index contributed by atoms with van der Waals surface area (Å²) in [6.07, 6.45) is 5.89. The number of carbonyl (C=O) groups excluding carboxylic acids is 5. The number of hydrogen-bond acceptors (Lipinski definition) is 8. The van der Waals surface area contributed by atoms with Crippen LogP contribution in [0.25, 0.3) is 0 Å². The van der Waals surface area contributed by atoms with E-state index in [1.54, 1.807) is 6.92 Å². The number of aldehydes is 1. The Balaban J connectivity index is 1.91. The molecular weight excluding hydrogens is 408 g/mol. The number of amides is 3. The van der Waals surface area contributed by atoms with Crippen molar-refractivity contribution >= 4 is 30.0 Å². The first-order valence-corrected chi connectivity index (χ1v) is 10.1. The van der Waals surface area contributed by atoms with Crippen LogP contribution < -0.4 is 0 Å². The summed E-state index contributed by atoms with van der Waals surface area (Å²) in [5, 5.41) is 1.51. The molecule has 0 aromatic rings. The van der Waals surface area contributed by atoms with Crippen LogP contribution in [0.1, 0.15) is 58.3 Å². The number of nitrogens with zero attached hydrogens (tertiary/aromatic N) is 2. The predicted molar refractivity (Wildman–Crippen MR) is 106 cm³/mol. The van der Waals surface area contributed by atoms with E-state index in [4.69, 9.17) is 14.4 Å². The fourth-order valence-electron chi connectivity index (χ4n) is 3.21. The third-order valence-electron chi connectivity index (χ3n) is 5.22. The van der Waals surface area contributed by atoms with Gasteiger partial charge in [0.1, 0.15) is 12.4 Å². The van der Waals surface area contributed by atoms with E-state index < -0.39 is 35.2 Å². The molecule has 1 fully saturated rings. The average molecular weight is 436 g/mol. The fraction of sp³-hybridized carbons (Fsp3) is 0.571. The molecule has 1 saturated heterocycles. The fourth-order valence-corrected chi connectivity index (χ4v) is 3.21. The summed E-state index contributed by atoms with van der Waals surface area (Å²) in [6, 6.07) is 0. The highest BCUT2D eigenvalue weighted by molar-refractivity contribution is 6.00. The molecule has 31 heavy (non-hydrogen) atoms. The summed E-state index contributed by atoms with van der Waals surface area (Å²) in [7, 11) is 1.34. The number of imide groups is 1. The Morgan fingerprint density at radius 3 is 2.61 bits per heavy atom. The molecule has 0 N–H and O–H groups in total. The highest BCUT2D eigenvalue weighted by Crippen LogP contribution is 2.34. The summed E-state index contributed by atoms with van der Waals surface area (Å²) >= 11 is 0. The maximum absolute atomic E-state index is 12.7. The van der Waals surface area contributed by atoms with Gasteiger partial charge in [-0.2, -0.15) is 5.06 Å². The first-order valence-electron chi connectivity index (χ1n) is 10.1. The summed E-state index contributed by atoms with van der Waals surface area (Å²) < 4.78 is 5.62. The van der Waals surface area contributed by atoms with Crippen molar-refractivity contribution in [1.82, 2.24) is 10.1 Å². The molecule has 10 nitrogen and oxygen atoms in total. The van der Waals surface area contributed by atoms with Crippen molar-refractivity contribution in [2.75, 3.05) is 7.05 Å². The molecule has 0 bridgehead atoms. The monoisotopic (exact) mass is 436 g/mol. The van der Waals surface area contributed by atoms with E-state index in [0.717, 1.165) is 5.06 Å². The predicted octanol–water partition coefficient (Wildman–Crippen LogP) is 1.96. The van der Waals surface area contributed by atoms with Gasteiger partial charge < -0.3 is 19.2 Å². The van der Waals surface area contributed by atoms with E-state index in [1.165, 1.54) is 7.05 Å². The maximum Gasteiger partial charge on any atom is 0.338 e. The molecule has 1 aliphatic heterocycles. The third kappa shape index (κ3) is 6.66. The Labute approximate surface area is 180 Å². The van der Waals surface area contributed by atoms with Gasteiger partial charge in [0.15, 0.2) is 0 Å². The van der Waals surface area contributed by atoms with Crippen LogP contribution in [-0.2, 0) is 38.4 Å². The van der Waals surface area contributed by atoms with E-state index in [0.29, 0.717) is 37.0 Å². The smallest absolute Gasteiger partial charge is 0.338 e. The Morgan fingerprint density at radius 1 is 1.29 bits per heavy atom. The molecule has 0 aromatic heterocycles. The SMILES string of the molecule is C=C(OC1/C=C/CC[C@](C)(C(=O)ON(C)C(=O)CCC=O)CC1)ON1C(=O)CCC1=O. The lowest BCUT2D eigenvalue weighted by Crippen LogP contribution is -2.38. The number of hydrogen-bond donors (Lipinski definition) is 0. The molecule has 3 amide bonds. The first-order chi connectivity index (χ1) is 14.7. The molecule has 170 valence electrons. The average Bonchev–Trinajstić information content (AvgIpc) is 3.03. The first kappa shape index (κ1) is 24.1. The maximum atomic E-state index is 12.7. The molecule has 1 unspecified atom stereocenters. The summed E-state index contributed by atoms with van der Waals surface area (Å²) in [5.74, 6) is -2.11. The van der Waals surface area contributed by atoms with Gasteiger partial charge in [0, 0.05) is 32.7 Å². The molecule has 0 aromatic carbocycles. The van der Waals surface area contributed by atoms with Gasteiger partial charge in [-0.25, -0.2) is 4.79 Å². The lowest BCUT2D eigenvalue weighted by atomic mass is 9.79. The van der Waals surface area contributed by atoms with Crippen LogP contribution in [0.2, 0.25) is 0 Å². The molecule has 2 rings (SSSR count). The molecule has 10 heteroatoms. The van der Waals surface area contributed by atoms with Gasteiger partial charge in [-0.3, -0.25) is 14.4 Å². The molecule has 0 radical (unpaired) electrons. The Bertz CT molecular complexity index is 761. The quantitative estimate of drug-likeness (QED) is 0.186. The lowest BCUT2D eigenvalue weighted by molar-refractivity contribution is -0.202. The van der Waals surface area contributed by atoms with E-state index in [2.05, 4.69) is 6.58 Å². The zero-order valence-corrected chi connectivity index (χ0v) is 17.8. The van der Waals surface area contributed by atoms with Crippen LogP contribution in [0.15, 0.2) is 24.7 Å². The Hall–Kier alpha value is -3.17. The molecular formula is C21H28N2O8. The molecule has 0 saturated carbocycles. The van der Waals surface area contributed by atoms with Crippen LogP contribution in [0.3, 0.4) is 0 Å². The summed E-state index contributed by atoms with van der Waals surface area (Å²) in [5.41, 5.74) is -0.866. The topological polar surface area (TPSA) is 120 Å². The van der Waals surface area contributed by atoms with Crippen molar-refractivity contribution in [2.24, 2.45) is 5.41 Å². The number of rotatable bonds is 8. The second kappa shape index (κ2) is 10.7. The van der Waals surface area contributed by atoms with Gasteiger partial charge in [0.05, 0.1) is 5.41 Å². The van der Waals surface area contributed by atoms with Gasteiger partial charge in [0.2, 0.25) is 0 Å². The van der Waals surface area contributed by atoms with E-state index >= 15 is 0 Å². The highest BCUT2D eigenvalue weighted by atomic mass is 16.8. The molecule has 2 aliphatic rings. The van der Waals surface area contributed by atoms with Crippen LogP contribution in [-0.4, -0.2) is 53.3 Å². The normalized spacial score (nSPS) is 24.6. The van der Waals surface area contributed by atoms with Crippen molar-refractivity contribution in [1.29, 1.82) is 0 Å². The third-order valence-corrected chi connectivity index (χ3v) is 5.22. The number of hydroxylamine groups is 4. The lowest BCUT2D eigenvalue weighted by Gasteiger charge is -2.31. The van der Waals surface area contributed by atoms with Crippen molar-refractivity contribution in [2.45, 2.75) is 64.4 Å². The Morgan fingerprint density at radius 2 is 1.97 bits per heavy atom. The summed E-state index contributed by atoms with van der Waals surface area (Å²) in [6.45, 7) is 5.36. The van der Waals surface area contributed by atoms with E-state index in [9.17, 15) is 24.0 Å². The second-order valence-electron chi connectivity index (χ2n) is 7.74. The molecule has 2 atom stereocenters. The molecule has 1 heterocycles. The Kier molecular flexibility index (Phi) is 8.35. The number of ether oxygens (including phenoxy) is 1. The largest absolute Gasteiger partial charge is 0.457 e. The van der Waals surface area contributed by atoms with Crippen LogP contribution in [0.5, 0.6) is 0 Å². The van der Waals surface area contributed by atoms with Gasteiger partial charge in [-0.1, -0.05) is 6.08 Å². The number of carbonyl (C=O) groups is 5. The zero-order valence-electron chi connectivity index (χ0n) is 17.8. The van der Waals surface area contributed by atoms with Gasteiger partial charge in [-0.05, 0) is 45.3 Å². The van der Waals surface area contributed by atoms with Gasteiger partial charge in [-0.15, -0.1) is 5.06 Å². The number of allylic oxidation sites excluding steroid dienone is 1. The standard InChI is InChI=1S/C21H28N2O8/c1-15(30-23-18(26)9-10-19(23)27)29-16-7-4-5-12-21(2,13-11-16)20(28)31-22(3)17(25)8-6-14-24/h4,7,14,16H,1,5-6,8-13H2,2-3H3/b7-4+/t16?,21-/m0/s1. The van der Waals surface area contributed by atoms with Gasteiger partial charge >= 0.3 is 11.9 Å². The molecule has 1 aliphatic carbocycles. The van der Waals surface area contributed by atoms with Crippen molar-refractivity contribution in [3.63, 3.8) is 0 Å². The van der Waals surface area contributed by atoms with E-state index in [-0.39, 0.29) is 31.6 Å². The van der Waals surface area contributed by atoms with Crippen molar-refractivity contribution in [3.05, 3.63) is 24.7 Å².